The van der Waals surface area contributed by atoms with Gasteiger partial charge in [0.2, 0.25) is 0 Å². The summed E-state index contributed by atoms with van der Waals surface area (Å²) in [6, 6.07) is 19.1. The van der Waals surface area contributed by atoms with Crippen molar-refractivity contribution in [3.05, 3.63) is 115 Å². The highest BCUT2D eigenvalue weighted by atomic mass is 16.5. The lowest BCUT2D eigenvalue weighted by Gasteiger charge is -2.20. The minimum absolute atomic E-state index is 0.190. The van der Waals surface area contributed by atoms with Crippen LogP contribution in [0.4, 0.5) is 0 Å². The summed E-state index contributed by atoms with van der Waals surface area (Å²) in [4.78, 5) is 2.31. The normalized spacial score (nSPS) is 20.4. The van der Waals surface area contributed by atoms with Crippen LogP contribution in [0.2, 0.25) is 0 Å². The zero-order chi connectivity index (χ0) is 19.9. The van der Waals surface area contributed by atoms with E-state index in [0.717, 1.165) is 13.1 Å². The number of rotatable bonds is 7. The summed E-state index contributed by atoms with van der Waals surface area (Å²) in [7, 11) is 2.15. The topological polar surface area (TPSA) is 12.5 Å². The second-order valence-electron chi connectivity index (χ2n) is 7.56. The Morgan fingerprint density at radius 2 is 1.66 bits per heavy atom. The van der Waals surface area contributed by atoms with Crippen molar-refractivity contribution >= 4 is 6.08 Å². The lowest BCUT2D eigenvalue weighted by molar-refractivity contribution is 0.191. The van der Waals surface area contributed by atoms with Crippen molar-refractivity contribution in [2.45, 2.75) is 6.10 Å². The molecule has 29 heavy (non-hydrogen) atoms. The first-order valence-corrected chi connectivity index (χ1v) is 10.2. The van der Waals surface area contributed by atoms with Crippen LogP contribution in [-0.2, 0) is 4.74 Å². The average molecular weight is 382 g/mol. The van der Waals surface area contributed by atoms with Crippen LogP contribution in [0.3, 0.4) is 0 Å². The van der Waals surface area contributed by atoms with Gasteiger partial charge in [0.05, 0.1) is 6.26 Å². The molecule has 4 rings (SSSR count). The molecular formula is C27H27NO. The second kappa shape index (κ2) is 9.40. The van der Waals surface area contributed by atoms with Crippen LogP contribution in [0, 0.1) is 5.92 Å². The standard InChI is InChI=1S/C27H27NO/c1-28(20-25-21-29-27-14-8-7-13-26(25)27)19-9-3-4-10-22-15-17-24(18-16-22)23-11-5-2-6-12-23/h2-18,21,26-27H,19-20H2,1H3/b9-3+,10-4+. The van der Waals surface area contributed by atoms with E-state index in [2.05, 4.69) is 109 Å². The highest BCUT2D eigenvalue weighted by molar-refractivity contribution is 5.65. The van der Waals surface area contributed by atoms with E-state index in [1.807, 2.05) is 12.3 Å². The summed E-state index contributed by atoms with van der Waals surface area (Å²) in [5.74, 6) is 0.394. The third kappa shape index (κ3) is 5.04. The zero-order valence-electron chi connectivity index (χ0n) is 16.8. The van der Waals surface area contributed by atoms with Gasteiger partial charge in [0, 0.05) is 19.0 Å². The molecule has 2 unspecified atom stereocenters. The van der Waals surface area contributed by atoms with Crippen molar-refractivity contribution in [1.82, 2.24) is 4.90 Å². The number of benzene rings is 2. The van der Waals surface area contributed by atoms with Crippen LogP contribution in [0.25, 0.3) is 17.2 Å². The SMILES string of the molecule is CN(C/C=C/C=C/c1ccc(-c2ccccc2)cc1)CC1=COC2C=CC=CC12. The summed E-state index contributed by atoms with van der Waals surface area (Å²) >= 11 is 0. The Morgan fingerprint density at radius 3 is 2.48 bits per heavy atom. The Labute approximate surface area is 173 Å². The van der Waals surface area contributed by atoms with Gasteiger partial charge in [0.15, 0.2) is 0 Å². The molecule has 0 saturated carbocycles. The van der Waals surface area contributed by atoms with E-state index in [9.17, 15) is 0 Å². The summed E-state index contributed by atoms with van der Waals surface area (Å²) < 4.78 is 5.74. The fraction of sp³-hybridized carbons (Fsp3) is 0.185. The van der Waals surface area contributed by atoms with E-state index in [4.69, 9.17) is 4.74 Å². The molecule has 0 radical (unpaired) electrons. The molecule has 2 atom stereocenters. The van der Waals surface area contributed by atoms with Crippen LogP contribution in [0.1, 0.15) is 5.56 Å². The van der Waals surface area contributed by atoms with Crippen molar-refractivity contribution in [2.24, 2.45) is 5.92 Å². The maximum atomic E-state index is 5.74. The Kier molecular flexibility index (Phi) is 6.23. The van der Waals surface area contributed by atoms with Crippen molar-refractivity contribution in [3.8, 4) is 11.1 Å². The molecule has 0 N–H and O–H groups in total. The number of allylic oxidation sites excluding steroid dienone is 4. The number of likely N-dealkylation sites (N-methyl/N-ethyl adjacent to an activating group) is 1. The monoisotopic (exact) mass is 381 g/mol. The lowest BCUT2D eigenvalue weighted by atomic mass is 9.92. The first kappa shape index (κ1) is 19.2. The van der Waals surface area contributed by atoms with E-state index >= 15 is 0 Å². The minimum Gasteiger partial charge on any atom is -0.493 e. The van der Waals surface area contributed by atoms with Gasteiger partial charge >= 0.3 is 0 Å². The highest BCUT2D eigenvalue weighted by Gasteiger charge is 2.29. The predicted molar refractivity (Wildman–Crippen MR) is 122 cm³/mol. The summed E-state index contributed by atoms with van der Waals surface area (Å²) in [5.41, 5.74) is 5.05. The van der Waals surface area contributed by atoms with E-state index in [1.54, 1.807) is 0 Å². The van der Waals surface area contributed by atoms with Crippen LogP contribution < -0.4 is 0 Å². The molecule has 0 spiro atoms. The Balaban J connectivity index is 1.24. The molecule has 0 aromatic heterocycles. The molecule has 146 valence electrons. The maximum Gasteiger partial charge on any atom is 0.126 e. The minimum atomic E-state index is 0.190. The fourth-order valence-corrected chi connectivity index (χ4v) is 3.72. The van der Waals surface area contributed by atoms with Crippen molar-refractivity contribution in [3.63, 3.8) is 0 Å². The third-order valence-electron chi connectivity index (χ3n) is 5.31. The van der Waals surface area contributed by atoms with E-state index in [-0.39, 0.29) is 6.10 Å². The first-order valence-electron chi connectivity index (χ1n) is 10.2. The van der Waals surface area contributed by atoms with Crippen molar-refractivity contribution in [2.75, 3.05) is 20.1 Å². The molecule has 2 heteroatoms. The van der Waals surface area contributed by atoms with E-state index < -0.39 is 0 Å². The molecule has 2 aromatic rings. The molecule has 1 aliphatic heterocycles. The first-order chi connectivity index (χ1) is 14.3. The van der Waals surface area contributed by atoms with Crippen LogP contribution >= 0.6 is 0 Å². The predicted octanol–water partition coefficient (Wildman–Crippen LogP) is 5.88. The van der Waals surface area contributed by atoms with Gasteiger partial charge in [-0.15, -0.1) is 0 Å². The largest absolute Gasteiger partial charge is 0.493 e. The molecular weight excluding hydrogens is 354 g/mol. The molecule has 0 saturated heterocycles. The van der Waals surface area contributed by atoms with Gasteiger partial charge in [-0.3, -0.25) is 4.90 Å². The lowest BCUT2D eigenvalue weighted by Crippen LogP contribution is -2.25. The second-order valence-corrected chi connectivity index (χ2v) is 7.56. The van der Waals surface area contributed by atoms with Crippen molar-refractivity contribution < 1.29 is 4.74 Å². The van der Waals surface area contributed by atoms with Crippen molar-refractivity contribution in [1.29, 1.82) is 0 Å². The number of hydrogen-bond donors (Lipinski definition) is 0. The van der Waals surface area contributed by atoms with Gasteiger partial charge in [-0.05, 0) is 35.4 Å². The number of ether oxygens (including phenoxy) is 1. The molecule has 2 nitrogen and oxygen atoms in total. The van der Waals surface area contributed by atoms with E-state index in [1.165, 1.54) is 22.3 Å². The van der Waals surface area contributed by atoms with Gasteiger partial charge in [0.1, 0.15) is 6.10 Å². The smallest absolute Gasteiger partial charge is 0.126 e. The molecule has 2 aromatic carbocycles. The molecule has 0 bridgehead atoms. The highest BCUT2D eigenvalue weighted by Crippen LogP contribution is 2.30. The van der Waals surface area contributed by atoms with Gasteiger partial charge in [0.25, 0.3) is 0 Å². The van der Waals surface area contributed by atoms with Gasteiger partial charge < -0.3 is 4.74 Å². The average Bonchev–Trinajstić information content (AvgIpc) is 3.17. The van der Waals surface area contributed by atoms with Gasteiger partial charge in [-0.1, -0.05) is 97.1 Å². The molecule has 0 amide bonds. The third-order valence-corrected chi connectivity index (χ3v) is 5.31. The molecule has 1 aliphatic carbocycles. The Bertz CT molecular complexity index is 948. The molecule has 2 aliphatic rings. The summed E-state index contributed by atoms with van der Waals surface area (Å²) in [5, 5.41) is 0. The molecule has 1 heterocycles. The maximum absolute atomic E-state index is 5.74. The molecule has 0 fully saturated rings. The quantitative estimate of drug-likeness (QED) is 0.555. The Hall–Kier alpha value is -3.10. The Morgan fingerprint density at radius 1 is 0.897 bits per heavy atom. The number of hydrogen-bond acceptors (Lipinski definition) is 2. The van der Waals surface area contributed by atoms with Crippen LogP contribution in [0.5, 0.6) is 0 Å². The van der Waals surface area contributed by atoms with Gasteiger partial charge in [-0.2, -0.15) is 0 Å². The summed E-state index contributed by atoms with van der Waals surface area (Å²) in [6.07, 6.45) is 19.2. The van der Waals surface area contributed by atoms with E-state index in [0.29, 0.717) is 5.92 Å². The zero-order valence-corrected chi connectivity index (χ0v) is 16.8. The van der Waals surface area contributed by atoms with Crippen LogP contribution in [0.15, 0.2) is 109 Å². The fourth-order valence-electron chi connectivity index (χ4n) is 3.72. The van der Waals surface area contributed by atoms with Crippen LogP contribution in [-0.4, -0.2) is 31.1 Å². The number of nitrogens with zero attached hydrogens (tertiary/aromatic N) is 1. The number of fused-ring (bicyclic) bond motifs is 1. The van der Waals surface area contributed by atoms with Gasteiger partial charge in [-0.25, -0.2) is 0 Å². The summed E-state index contributed by atoms with van der Waals surface area (Å²) in [6.45, 7) is 1.83.